The highest BCUT2D eigenvalue weighted by atomic mass is 32.2. The second kappa shape index (κ2) is 9.41. The molecule has 6 nitrogen and oxygen atoms in total. The molecule has 0 radical (unpaired) electrons. The fourth-order valence-electron chi connectivity index (χ4n) is 4.61. The van der Waals surface area contributed by atoms with Gasteiger partial charge in [-0.3, -0.25) is 9.78 Å². The fourth-order valence-corrected chi connectivity index (χ4v) is 5.15. The molecular formula is C25H23F3N4O2S. The van der Waals surface area contributed by atoms with Gasteiger partial charge in [-0.15, -0.1) is 0 Å². The summed E-state index contributed by atoms with van der Waals surface area (Å²) in [5, 5.41) is 0.917. The first-order valence-corrected chi connectivity index (χ1v) is 12.2. The third-order valence-corrected chi connectivity index (χ3v) is 7.00. The van der Waals surface area contributed by atoms with Crippen LogP contribution >= 0.6 is 11.8 Å². The highest BCUT2D eigenvalue weighted by Crippen LogP contribution is 2.37. The molecule has 0 spiro atoms. The summed E-state index contributed by atoms with van der Waals surface area (Å²) in [7, 11) is 0. The van der Waals surface area contributed by atoms with Crippen LogP contribution < -0.4 is 9.80 Å². The Morgan fingerprint density at radius 2 is 1.63 bits per heavy atom. The van der Waals surface area contributed by atoms with Gasteiger partial charge in [0.05, 0.1) is 11.2 Å². The Morgan fingerprint density at radius 1 is 0.914 bits per heavy atom. The normalized spacial score (nSPS) is 17.1. The Hall–Kier alpha value is -3.27. The molecule has 2 aliphatic heterocycles. The number of thioether (sulfide) groups is 1. The van der Waals surface area contributed by atoms with E-state index in [0.29, 0.717) is 0 Å². The van der Waals surface area contributed by atoms with Crippen molar-refractivity contribution in [1.82, 2.24) is 9.88 Å². The van der Waals surface area contributed by atoms with Crippen molar-refractivity contribution in [3.8, 4) is 0 Å². The number of nitrogens with zero attached hydrogens (tertiary/aromatic N) is 4. The molecule has 2 saturated heterocycles. The average molecular weight is 501 g/mol. The second-order valence-electron chi connectivity index (χ2n) is 8.63. The van der Waals surface area contributed by atoms with Crippen LogP contribution in [0.3, 0.4) is 0 Å². The van der Waals surface area contributed by atoms with Gasteiger partial charge < -0.3 is 9.80 Å². The number of amides is 3. The minimum Gasteiger partial charge on any atom is -0.371 e. The van der Waals surface area contributed by atoms with Gasteiger partial charge in [0.1, 0.15) is 6.54 Å². The number of rotatable bonds is 5. The molecule has 0 bridgehead atoms. The van der Waals surface area contributed by atoms with Gasteiger partial charge in [0.25, 0.3) is 5.91 Å². The molecule has 3 amide bonds. The zero-order valence-electron chi connectivity index (χ0n) is 18.8. The number of imide groups is 1. The zero-order chi connectivity index (χ0) is 24.6. The van der Waals surface area contributed by atoms with Crippen molar-refractivity contribution >= 4 is 46.0 Å². The van der Waals surface area contributed by atoms with Crippen LogP contribution in [0, 0.1) is 0 Å². The maximum atomic E-state index is 13.1. The summed E-state index contributed by atoms with van der Waals surface area (Å²) in [4.78, 5) is 35.0. The topological polar surface area (TPSA) is 56.8 Å². The maximum absolute atomic E-state index is 13.1. The lowest BCUT2D eigenvalue weighted by molar-refractivity contribution is -0.116. The molecule has 0 saturated carbocycles. The molecule has 0 N–H and O–H groups in total. The highest BCUT2D eigenvalue weighted by molar-refractivity contribution is 8.00. The molecule has 3 aromatic rings. The van der Waals surface area contributed by atoms with Gasteiger partial charge in [-0.05, 0) is 79.1 Å². The Morgan fingerprint density at radius 3 is 2.34 bits per heavy atom. The van der Waals surface area contributed by atoms with Gasteiger partial charge in [-0.1, -0.05) is 6.07 Å². The summed E-state index contributed by atoms with van der Waals surface area (Å²) >= 11 is -0.241. The number of pyridine rings is 1. The van der Waals surface area contributed by atoms with E-state index in [1.807, 2.05) is 12.1 Å². The van der Waals surface area contributed by atoms with Gasteiger partial charge in [0, 0.05) is 41.8 Å². The van der Waals surface area contributed by atoms with Crippen molar-refractivity contribution in [3.05, 3.63) is 60.3 Å². The number of alkyl halides is 3. The quantitative estimate of drug-likeness (QED) is 0.327. The SMILES string of the molecule is O=C1CN(Cc2ccnc3cc(N4CCCCC4)ccc23)C(=O)N1c1ccc(SC(F)(F)F)cc1. The molecule has 182 valence electrons. The van der Waals surface area contributed by atoms with Crippen molar-refractivity contribution in [1.29, 1.82) is 0 Å². The number of hydrogen-bond donors (Lipinski definition) is 0. The van der Waals surface area contributed by atoms with Crippen LogP contribution in [-0.2, 0) is 11.3 Å². The first kappa shape index (κ1) is 23.5. The number of anilines is 2. The van der Waals surface area contributed by atoms with E-state index in [1.54, 1.807) is 6.20 Å². The van der Waals surface area contributed by atoms with Gasteiger partial charge >= 0.3 is 11.5 Å². The Bertz CT molecular complexity index is 1260. The van der Waals surface area contributed by atoms with Gasteiger partial charge in [0.15, 0.2) is 0 Å². The van der Waals surface area contributed by atoms with Gasteiger partial charge in [-0.2, -0.15) is 13.2 Å². The first-order chi connectivity index (χ1) is 16.8. The fraction of sp³-hybridized carbons (Fsp3) is 0.320. The molecule has 0 aliphatic carbocycles. The molecule has 0 unspecified atom stereocenters. The maximum Gasteiger partial charge on any atom is 0.446 e. The number of fused-ring (bicyclic) bond motifs is 1. The monoisotopic (exact) mass is 500 g/mol. The van der Waals surface area contributed by atoms with Crippen LogP contribution in [0.4, 0.5) is 29.3 Å². The number of urea groups is 1. The van der Waals surface area contributed by atoms with Crippen molar-refractivity contribution in [3.63, 3.8) is 0 Å². The minimum atomic E-state index is -4.40. The number of piperidine rings is 1. The summed E-state index contributed by atoms with van der Waals surface area (Å²) < 4.78 is 37.8. The number of carbonyl (C=O) groups is 2. The molecular weight excluding hydrogens is 477 g/mol. The molecule has 35 heavy (non-hydrogen) atoms. The van der Waals surface area contributed by atoms with Gasteiger partial charge in [-0.25, -0.2) is 9.69 Å². The van der Waals surface area contributed by atoms with E-state index < -0.39 is 17.4 Å². The predicted octanol–water partition coefficient (Wildman–Crippen LogP) is 5.81. The zero-order valence-corrected chi connectivity index (χ0v) is 19.6. The minimum absolute atomic E-state index is 0.00983. The molecule has 1 aromatic heterocycles. The number of carbonyl (C=O) groups excluding carboxylic acids is 2. The molecule has 5 rings (SSSR count). The summed E-state index contributed by atoms with van der Waals surface area (Å²) in [5.41, 5.74) is -1.31. The van der Waals surface area contributed by atoms with Gasteiger partial charge in [0.2, 0.25) is 0 Å². The van der Waals surface area contributed by atoms with E-state index in [0.717, 1.165) is 40.1 Å². The second-order valence-corrected chi connectivity index (χ2v) is 9.77. The lowest BCUT2D eigenvalue weighted by Crippen LogP contribution is -2.32. The number of halogens is 3. The lowest BCUT2D eigenvalue weighted by atomic mass is 10.1. The molecule has 2 aromatic carbocycles. The number of benzene rings is 2. The van der Waals surface area contributed by atoms with E-state index in [2.05, 4.69) is 22.0 Å². The van der Waals surface area contributed by atoms with E-state index in [4.69, 9.17) is 0 Å². The van der Waals surface area contributed by atoms with E-state index in [1.165, 1.54) is 48.4 Å². The highest BCUT2D eigenvalue weighted by Gasteiger charge is 2.37. The average Bonchev–Trinajstić information content (AvgIpc) is 3.11. The largest absolute Gasteiger partial charge is 0.446 e. The molecule has 10 heteroatoms. The Balaban J connectivity index is 1.33. The summed E-state index contributed by atoms with van der Waals surface area (Å²) in [5.74, 6) is -0.419. The number of aromatic nitrogens is 1. The van der Waals surface area contributed by atoms with Crippen molar-refractivity contribution in [2.45, 2.75) is 36.2 Å². The predicted molar refractivity (Wildman–Crippen MR) is 129 cm³/mol. The smallest absolute Gasteiger partial charge is 0.371 e. The van der Waals surface area contributed by atoms with Crippen molar-refractivity contribution in [2.24, 2.45) is 0 Å². The van der Waals surface area contributed by atoms with Crippen molar-refractivity contribution < 1.29 is 22.8 Å². The first-order valence-electron chi connectivity index (χ1n) is 11.4. The molecule has 2 fully saturated rings. The van der Waals surface area contributed by atoms with Crippen LogP contribution in [0.25, 0.3) is 10.9 Å². The number of hydrogen-bond acceptors (Lipinski definition) is 5. The standard InChI is InChI=1S/C25H23F3N4O2S/c26-25(27,28)35-20-7-4-18(5-8-20)32-23(33)16-31(24(32)34)15-17-10-11-29-22-14-19(6-9-21(17)22)30-12-2-1-3-13-30/h4-11,14H,1-3,12-13,15-16H2. The van der Waals surface area contributed by atoms with Crippen LogP contribution in [-0.4, -0.2) is 47.0 Å². The van der Waals surface area contributed by atoms with Crippen LogP contribution in [0.15, 0.2) is 59.6 Å². The van der Waals surface area contributed by atoms with E-state index in [9.17, 15) is 22.8 Å². The molecule has 3 heterocycles. The van der Waals surface area contributed by atoms with E-state index >= 15 is 0 Å². The van der Waals surface area contributed by atoms with Crippen LogP contribution in [0.2, 0.25) is 0 Å². The lowest BCUT2D eigenvalue weighted by Gasteiger charge is -2.29. The molecule has 0 atom stereocenters. The van der Waals surface area contributed by atoms with Crippen LogP contribution in [0.5, 0.6) is 0 Å². The van der Waals surface area contributed by atoms with Crippen LogP contribution in [0.1, 0.15) is 24.8 Å². The summed E-state index contributed by atoms with van der Waals surface area (Å²) in [6.07, 6.45) is 5.31. The third kappa shape index (κ3) is 5.07. The van der Waals surface area contributed by atoms with E-state index in [-0.39, 0.29) is 35.4 Å². The third-order valence-electron chi connectivity index (χ3n) is 6.26. The Labute approximate surface area is 204 Å². The van der Waals surface area contributed by atoms with Crippen molar-refractivity contribution in [2.75, 3.05) is 29.4 Å². The summed E-state index contributed by atoms with van der Waals surface area (Å²) in [6.45, 7) is 2.18. The molecule has 2 aliphatic rings. The Kier molecular flexibility index (Phi) is 6.31. The summed E-state index contributed by atoms with van der Waals surface area (Å²) in [6, 6.07) is 12.7.